The summed E-state index contributed by atoms with van der Waals surface area (Å²) in [5.41, 5.74) is 1.26. The molecule has 0 unspecified atom stereocenters. The standard InChI is InChI=1S/C14H17FN2O2/c1-14(2,3)10-4-9-11(15)5-16-12(9)17-13(10)19-8-6-18-7-8/h4-5,8H,6-7H2,1-3H3,(H,16,17). The van der Waals surface area contributed by atoms with Crippen LogP contribution in [0.25, 0.3) is 11.0 Å². The summed E-state index contributed by atoms with van der Waals surface area (Å²) in [7, 11) is 0. The summed E-state index contributed by atoms with van der Waals surface area (Å²) >= 11 is 0. The van der Waals surface area contributed by atoms with Crippen LogP contribution >= 0.6 is 0 Å². The van der Waals surface area contributed by atoms with Crippen LogP contribution < -0.4 is 4.74 Å². The summed E-state index contributed by atoms with van der Waals surface area (Å²) in [6, 6.07) is 1.82. The molecule has 0 spiro atoms. The molecule has 1 aliphatic heterocycles. The van der Waals surface area contributed by atoms with Crippen LogP contribution in [0.3, 0.4) is 0 Å². The molecule has 0 aliphatic carbocycles. The van der Waals surface area contributed by atoms with E-state index in [4.69, 9.17) is 9.47 Å². The Morgan fingerprint density at radius 3 is 2.74 bits per heavy atom. The van der Waals surface area contributed by atoms with Crippen molar-refractivity contribution in [1.82, 2.24) is 9.97 Å². The average Bonchev–Trinajstić information content (AvgIpc) is 2.63. The number of nitrogens with one attached hydrogen (secondary N) is 1. The summed E-state index contributed by atoms with van der Waals surface area (Å²) in [5, 5.41) is 0.502. The van der Waals surface area contributed by atoms with E-state index in [9.17, 15) is 4.39 Å². The molecule has 0 amide bonds. The number of halogens is 1. The topological polar surface area (TPSA) is 47.1 Å². The molecule has 19 heavy (non-hydrogen) atoms. The van der Waals surface area contributed by atoms with E-state index in [-0.39, 0.29) is 17.3 Å². The molecular formula is C14H17FN2O2. The number of aromatic amines is 1. The van der Waals surface area contributed by atoms with Gasteiger partial charge in [-0.2, -0.15) is 4.98 Å². The second kappa shape index (κ2) is 4.20. The molecule has 3 heterocycles. The fourth-order valence-corrected chi connectivity index (χ4v) is 2.07. The number of hydrogen-bond donors (Lipinski definition) is 1. The van der Waals surface area contributed by atoms with Gasteiger partial charge in [0.15, 0.2) is 0 Å². The van der Waals surface area contributed by atoms with E-state index in [0.29, 0.717) is 30.1 Å². The highest BCUT2D eigenvalue weighted by molar-refractivity contribution is 5.78. The highest BCUT2D eigenvalue weighted by Gasteiger charge is 2.27. The minimum atomic E-state index is -0.286. The van der Waals surface area contributed by atoms with Crippen LogP contribution in [0, 0.1) is 5.82 Å². The van der Waals surface area contributed by atoms with E-state index in [1.54, 1.807) is 0 Å². The molecule has 0 aromatic carbocycles. The summed E-state index contributed by atoms with van der Waals surface area (Å²) in [6.07, 6.45) is 1.37. The third-order valence-electron chi connectivity index (χ3n) is 3.27. The molecule has 2 aromatic rings. The molecule has 1 aliphatic rings. The zero-order valence-electron chi connectivity index (χ0n) is 11.3. The molecular weight excluding hydrogens is 247 g/mol. The van der Waals surface area contributed by atoms with Gasteiger partial charge in [-0.1, -0.05) is 20.8 Å². The number of H-pyrrole nitrogens is 1. The predicted molar refractivity (Wildman–Crippen MR) is 70.0 cm³/mol. The second-order valence-corrected chi connectivity index (χ2v) is 5.90. The first-order chi connectivity index (χ1) is 8.95. The van der Waals surface area contributed by atoms with Crippen molar-refractivity contribution in [3.63, 3.8) is 0 Å². The van der Waals surface area contributed by atoms with Crippen LogP contribution in [0.15, 0.2) is 12.3 Å². The van der Waals surface area contributed by atoms with Gasteiger partial charge < -0.3 is 14.5 Å². The van der Waals surface area contributed by atoms with Crippen LogP contribution in [0.1, 0.15) is 26.3 Å². The highest BCUT2D eigenvalue weighted by atomic mass is 19.1. The first-order valence-corrected chi connectivity index (χ1v) is 6.37. The van der Waals surface area contributed by atoms with Gasteiger partial charge in [0.05, 0.1) is 18.6 Å². The summed E-state index contributed by atoms with van der Waals surface area (Å²) in [4.78, 5) is 7.23. The van der Waals surface area contributed by atoms with E-state index in [1.165, 1.54) is 6.20 Å². The second-order valence-electron chi connectivity index (χ2n) is 5.90. The van der Waals surface area contributed by atoms with Crippen LogP contribution in [0.4, 0.5) is 4.39 Å². The van der Waals surface area contributed by atoms with Gasteiger partial charge in [-0.3, -0.25) is 0 Å². The lowest BCUT2D eigenvalue weighted by Crippen LogP contribution is -2.39. The lowest BCUT2D eigenvalue weighted by atomic mass is 9.87. The molecule has 1 N–H and O–H groups in total. The fourth-order valence-electron chi connectivity index (χ4n) is 2.07. The van der Waals surface area contributed by atoms with Gasteiger partial charge in [0.25, 0.3) is 0 Å². The van der Waals surface area contributed by atoms with E-state index >= 15 is 0 Å². The van der Waals surface area contributed by atoms with Crippen molar-refractivity contribution in [3.05, 3.63) is 23.6 Å². The number of ether oxygens (including phenoxy) is 2. The van der Waals surface area contributed by atoms with Gasteiger partial charge in [-0.25, -0.2) is 4.39 Å². The minimum absolute atomic E-state index is 0.0471. The third-order valence-corrected chi connectivity index (χ3v) is 3.27. The molecule has 102 valence electrons. The van der Waals surface area contributed by atoms with Crippen molar-refractivity contribution in [2.24, 2.45) is 0 Å². The maximum Gasteiger partial charge on any atom is 0.219 e. The summed E-state index contributed by atoms with van der Waals surface area (Å²) in [5.74, 6) is 0.279. The monoisotopic (exact) mass is 264 g/mol. The summed E-state index contributed by atoms with van der Waals surface area (Å²) in [6.45, 7) is 7.35. The SMILES string of the molecule is CC(C)(C)c1cc2c(F)c[nH]c2nc1OC1COC1. The molecule has 5 heteroatoms. The Labute approximate surface area is 110 Å². The van der Waals surface area contributed by atoms with Gasteiger partial charge in [-0.15, -0.1) is 0 Å². The van der Waals surface area contributed by atoms with Crippen molar-refractivity contribution in [3.8, 4) is 5.88 Å². The van der Waals surface area contributed by atoms with E-state index in [0.717, 1.165) is 5.56 Å². The van der Waals surface area contributed by atoms with Crippen LogP contribution in [0.2, 0.25) is 0 Å². The Kier molecular flexibility index (Phi) is 2.74. The van der Waals surface area contributed by atoms with Gasteiger partial charge in [0, 0.05) is 11.8 Å². The Morgan fingerprint density at radius 1 is 1.42 bits per heavy atom. The zero-order chi connectivity index (χ0) is 13.6. The molecule has 1 saturated heterocycles. The Hall–Kier alpha value is -1.62. The maximum atomic E-state index is 13.7. The van der Waals surface area contributed by atoms with Crippen LogP contribution in [0.5, 0.6) is 5.88 Å². The largest absolute Gasteiger partial charge is 0.469 e. The van der Waals surface area contributed by atoms with Crippen molar-refractivity contribution in [2.75, 3.05) is 13.2 Å². The minimum Gasteiger partial charge on any atom is -0.469 e. The third kappa shape index (κ3) is 2.18. The van der Waals surface area contributed by atoms with Crippen molar-refractivity contribution >= 4 is 11.0 Å². The Morgan fingerprint density at radius 2 is 2.16 bits per heavy atom. The van der Waals surface area contributed by atoms with Gasteiger partial charge >= 0.3 is 0 Å². The Bertz CT molecular complexity index is 612. The molecule has 4 nitrogen and oxygen atoms in total. The van der Waals surface area contributed by atoms with Crippen LogP contribution in [-0.2, 0) is 10.2 Å². The van der Waals surface area contributed by atoms with Gasteiger partial charge in [0.2, 0.25) is 5.88 Å². The Balaban J connectivity index is 2.10. The fraction of sp³-hybridized carbons (Fsp3) is 0.500. The zero-order valence-corrected chi connectivity index (χ0v) is 11.3. The maximum absolute atomic E-state index is 13.7. The summed E-state index contributed by atoms with van der Waals surface area (Å²) < 4.78 is 24.6. The highest BCUT2D eigenvalue weighted by Crippen LogP contribution is 2.34. The molecule has 2 aromatic heterocycles. The number of fused-ring (bicyclic) bond motifs is 1. The molecule has 0 saturated carbocycles. The van der Waals surface area contributed by atoms with Gasteiger partial charge in [0.1, 0.15) is 17.6 Å². The van der Waals surface area contributed by atoms with E-state index in [1.807, 2.05) is 6.07 Å². The smallest absolute Gasteiger partial charge is 0.219 e. The number of nitrogens with zero attached hydrogens (tertiary/aromatic N) is 1. The van der Waals surface area contributed by atoms with E-state index < -0.39 is 0 Å². The average molecular weight is 264 g/mol. The van der Waals surface area contributed by atoms with Crippen molar-refractivity contribution in [1.29, 1.82) is 0 Å². The quantitative estimate of drug-likeness (QED) is 0.907. The number of rotatable bonds is 2. The first-order valence-electron chi connectivity index (χ1n) is 6.37. The molecule has 3 rings (SSSR count). The normalized spacial score (nSPS) is 16.6. The number of aromatic nitrogens is 2. The molecule has 0 bridgehead atoms. The number of pyridine rings is 1. The molecule has 0 radical (unpaired) electrons. The van der Waals surface area contributed by atoms with Crippen molar-refractivity contribution in [2.45, 2.75) is 32.3 Å². The lowest BCUT2D eigenvalue weighted by molar-refractivity contribution is -0.0818. The predicted octanol–water partition coefficient (Wildman–Crippen LogP) is 2.78. The van der Waals surface area contributed by atoms with Crippen LogP contribution in [-0.4, -0.2) is 29.3 Å². The van der Waals surface area contributed by atoms with Crippen molar-refractivity contribution < 1.29 is 13.9 Å². The first kappa shape index (κ1) is 12.4. The van der Waals surface area contributed by atoms with Gasteiger partial charge in [-0.05, 0) is 11.5 Å². The lowest BCUT2D eigenvalue weighted by Gasteiger charge is -2.29. The number of hydrogen-bond acceptors (Lipinski definition) is 3. The molecule has 0 atom stereocenters. The molecule has 1 fully saturated rings. The van der Waals surface area contributed by atoms with E-state index in [2.05, 4.69) is 30.7 Å².